The maximum Gasteiger partial charge on any atom is 0.336 e. The first-order chi connectivity index (χ1) is 14.4. The van der Waals surface area contributed by atoms with Crippen LogP contribution in [0.15, 0.2) is 68.8 Å². The van der Waals surface area contributed by atoms with E-state index in [1.165, 1.54) is 11.7 Å². The average molecular weight is 472 g/mol. The average Bonchev–Trinajstić information content (AvgIpc) is 2.75. The minimum atomic E-state index is -0.584. The third kappa shape index (κ3) is 4.88. The van der Waals surface area contributed by atoms with Crippen molar-refractivity contribution in [3.05, 3.63) is 85.6 Å². The molecule has 0 spiro atoms. The van der Waals surface area contributed by atoms with Crippen LogP contribution >= 0.6 is 15.9 Å². The first-order valence-corrected chi connectivity index (χ1v) is 10.3. The molecule has 1 N–H and O–H groups in total. The number of halogens is 1. The highest BCUT2D eigenvalue weighted by Crippen LogP contribution is 2.16. The lowest BCUT2D eigenvalue weighted by Crippen LogP contribution is -2.43. The molecule has 3 rings (SSSR count). The largest absolute Gasteiger partial charge is 0.497 e. The first-order valence-electron chi connectivity index (χ1n) is 9.48. The van der Waals surface area contributed by atoms with Gasteiger partial charge in [-0.2, -0.15) is 0 Å². The van der Waals surface area contributed by atoms with Gasteiger partial charge in [0, 0.05) is 28.0 Å². The molecular weight excluding hydrogens is 450 g/mol. The molecule has 1 heterocycles. The molecule has 1 amide bonds. The smallest absolute Gasteiger partial charge is 0.336 e. The van der Waals surface area contributed by atoms with Crippen molar-refractivity contribution in [2.75, 3.05) is 12.4 Å². The summed E-state index contributed by atoms with van der Waals surface area (Å²) in [6.07, 6.45) is 2.78. The summed E-state index contributed by atoms with van der Waals surface area (Å²) in [5.41, 5.74) is 0.565. The number of amides is 1. The second kappa shape index (κ2) is 9.58. The van der Waals surface area contributed by atoms with Gasteiger partial charge in [-0.3, -0.25) is 18.7 Å². The SMILES string of the molecule is CCCc1cn(-c2cccc(OC)c2)c(=O)n(CC(=O)Nc2ccc(Br)cc2)c1=O. The minimum absolute atomic E-state index is 0.380. The van der Waals surface area contributed by atoms with E-state index in [1.807, 2.05) is 6.92 Å². The number of aryl methyl sites for hydroxylation is 1. The number of hydrogen-bond donors (Lipinski definition) is 1. The van der Waals surface area contributed by atoms with E-state index in [9.17, 15) is 14.4 Å². The van der Waals surface area contributed by atoms with Crippen molar-refractivity contribution in [2.45, 2.75) is 26.3 Å². The highest BCUT2D eigenvalue weighted by molar-refractivity contribution is 9.10. The molecule has 156 valence electrons. The molecule has 8 heteroatoms. The summed E-state index contributed by atoms with van der Waals surface area (Å²) in [6, 6.07) is 14.0. The van der Waals surface area contributed by atoms with Crippen molar-refractivity contribution >= 4 is 27.5 Å². The first kappa shape index (κ1) is 21.6. The standard InChI is InChI=1S/C22H22BrN3O4/c1-3-5-15-13-25(18-6-4-7-19(12-18)30-2)22(29)26(21(15)28)14-20(27)24-17-10-8-16(23)9-11-17/h4,6-13H,3,5,14H2,1-2H3,(H,24,27). The molecule has 30 heavy (non-hydrogen) atoms. The van der Waals surface area contributed by atoms with Crippen molar-refractivity contribution in [3.8, 4) is 11.4 Å². The van der Waals surface area contributed by atoms with Crippen LogP contribution in [0.4, 0.5) is 5.69 Å². The predicted molar refractivity (Wildman–Crippen MR) is 120 cm³/mol. The second-order valence-electron chi connectivity index (χ2n) is 6.70. The van der Waals surface area contributed by atoms with Gasteiger partial charge in [-0.1, -0.05) is 35.3 Å². The molecule has 2 aromatic carbocycles. The van der Waals surface area contributed by atoms with E-state index >= 15 is 0 Å². The van der Waals surface area contributed by atoms with Gasteiger partial charge < -0.3 is 10.1 Å². The molecule has 0 aliphatic heterocycles. The van der Waals surface area contributed by atoms with Crippen LogP contribution in [0.2, 0.25) is 0 Å². The van der Waals surface area contributed by atoms with E-state index in [2.05, 4.69) is 21.2 Å². The molecule has 1 aromatic heterocycles. The van der Waals surface area contributed by atoms with Crippen molar-refractivity contribution in [1.29, 1.82) is 0 Å². The summed E-state index contributed by atoms with van der Waals surface area (Å²) in [7, 11) is 1.54. The summed E-state index contributed by atoms with van der Waals surface area (Å²) in [5.74, 6) is 0.129. The molecule has 0 bridgehead atoms. The Labute approximate surface area is 182 Å². The number of carbonyl (C=O) groups excluding carboxylic acids is 1. The van der Waals surface area contributed by atoms with Crippen LogP contribution < -0.4 is 21.3 Å². The zero-order chi connectivity index (χ0) is 21.7. The van der Waals surface area contributed by atoms with E-state index in [1.54, 1.807) is 54.7 Å². The maximum absolute atomic E-state index is 13.1. The highest BCUT2D eigenvalue weighted by atomic mass is 79.9. The summed E-state index contributed by atoms with van der Waals surface area (Å²) >= 11 is 3.34. The highest BCUT2D eigenvalue weighted by Gasteiger charge is 2.15. The lowest BCUT2D eigenvalue weighted by atomic mass is 10.2. The van der Waals surface area contributed by atoms with Gasteiger partial charge in [0.15, 0.2) is 0 Å². The molecule has 0 saturated carbocycles. The quantitative estimate of drug-likeness (QED) is 0.572. The third-order valence-corrected chi connectivity index (χ3v) is 5.05. The van der Waals surface area contributed by atoms with E-state index in [4.69, 9.17) is 4.74 Å². The lowest BCUT2D eigenvalue weighted by molar-refractivity contribution is -0.116. The van der Waals surface area contributed by atoms with Crippen molar-refractivity contribution in [2.24, 2.45) is 0 Å². The number of methoxy groups -OCH3 is 1. The zero-order valence-electron chi connectivity index (χ0n) is 16.7. The Morgan fingerprint density at radius 3 is 2.53 bits per heavy atom. The maximum atomic E-state index is 13.1. The van der Waals surface area contributed by atoms with Gasteiger partial charge in [-0.25, -0.2) is 4.79 Å². The summed E-state index contributed by atoms with van der Waals surface area (Å²) in [5, 5.41) is 2.71. The van der Waals surface area contributed by atoms with Gasteiger partial charge in [0.25, 0.3) is 5.56 Å². The molecule has 0 unspecified atom stereocenters. The molecular formula is C22H22BrN3O4. The number of nitrogens with zero attached hydrogens (tertiary/aromatic N) is 2. The van der Waals surface area contributed by atoms with Crippen molar-refractivity contribution in [3.63, 3.8) is 0 Å². The predicted octanol–water partition coefficient (Wildman–Crippen LogP) is 3.36. The van der Waals surface area contributed by atoms with Crippen LogP contribution in [-0.4, -0.2) is 22.2 Å². The molecule has 0 aliphatic rings. The van der Waals surface area contributed by atoms with E-state index in [0.29, 0.717) is 29.1 Å². The third-order valence-electron chi connectivity index (χ3n) is 4.52. The Morgan fingerprint density at radius 2 is 1.87 bits per heavy atom. The minimum Gasteiger partial charge on any atom is -0.497 e. The monoisotopic (exact) mass is 471 g/mol. The molecule has 0 fully saturated rings. The number of nitrogens with one attached hydrogen (secondary N) is 1. The Bertz CT molecular complexity index is 1170. The lowest BCUT2D eigenvalue weighted by Gasteiger charge is -2.14. The van der Waals surface area contributed by atoms with Gasteiger partial charge in [0.2, 0.25) is 5.91 Å². The summed E-state index contributed by atoms with van der Waals surface area (Å²) in [4.78, 5) is 38.5. The second-order valence-corrected chi connectivity index (χ2v) is 7.62. The van der Waals surface area contributed by atoms with Crippen LogP contribution in [0.3, 0.4) is 0 Å². The molecule has 0 atom stereocenters. The molecule has 0 radical (unpaired) electrons. The van der Waals surface area contributed by atoms with Crippen LogP contribution in [0, 0.1) is 0 Å². The fraction of sp³-hybridized carbons (Fsp3) is 0.227. The van der Waals surface area contributed by atoms with Gasteiger partial charge in [0.1, 0.15) is 12.3 Å². The van der Waals surface area contributed by atoms with Crippen LogP contribution in [0.5, 0.6) is 5.75 Å². The fourth-order valence-corrected chi connectivity index (χ4v) is 3.32. The molecule has 0 saturated heterocycles. The van der Waals surface area contributed by atoms with Crippen LogP contribution in [-0.2, 0) is 17.8 Å². The van der Waals surface area contributed by atoms with Crippen LogP contribution in [0.25, 0.3) is 5.69 Å². The number of benzene rings is 2. The number of rotatable bonds is 7. The Balaban J connectivity index is 2.01. The number of anilines is 1. The van der Waals surface area contributed by atoms with E-state index in [0.717, 1.165) is 15.5 Å². The Morgan fingerprint density at radius 1 is 1.13 bits per heavy atom. The molecule has 0 aliphatic carbocycles. The van der Waals surface area contributed by atoms with Gasteiger partial charge in [-0.05, 0) is 42.8 Å². The summed E-state index contributed by atoms with van der Waals surface area (Å²) < 4.78 is 8.46. The zero-order valence-corrected chi connectivity index (χ0v) is 18.3. The Kier molecular flexibility index (Phi) is 6.89. The van der Waals surface area contributed by atoms with E-state index in [-0.39, 0.29) is 6.54 Å². The topological polar surface area (TPSA) is 82.3 Å². The summed E-state index contributed by atoms with van der Waals surface area (Å²) in [6.45, 7) is 1.57. The normalized spacial score (nSPS) is 10.6. The number of hydrogen-bond acceptors (Lipinski definition) is 4. The van der Waals surface area contributed by atoms with Crippen LogP contribution in [0.1, 0.15) is 18.9 Å². The van der Waals surface area contributed by atoms with Crippen molar-refractivity contribution in [1.82, 2.24) is 9.13 Å². The van der Waals surface area contributed by atoms with Gasteiger partial charge >= 0.3 is 5.69 Å². The van der Waals surface area contributed by atoms with Crippen molar-refractivity contribution < 1.29 is 9.53 Å². The van der Waals surface area contributed by atoms with Gasteiger partial charge in [0.05, 0.1) is 12.8 Å². The number of ether oxygens (including phenoxy) is 1. The molecule has 7 nitrogen and oxygen atoms in total. The number of carbonyl (C=O) groups is 1. The fourth-order valence-electron chi connectivity index (χ4n) is 3.06. The number of aromatic nitrogens is 2. The van der Waals surface area contributed by atoms with Gasteiger partial charge in [-0.15, -0.1) is 0 Å². The Hall–Kier alpha value is -3.13. The van der Waals surface area contributed by atoms with E-state index < -0.39 is 17.2 Å². The molecule has 3 aromatic rings.